The van der Waals surface area contributed by atoms with Crippen molar-refractivity contribution in [1.29, 1.82) is 0 Å². The number of piperazine rings is 1. The molecule has 0 saturated carbocycles. The molecule has 2 aliphatic heterocycles. The molecule has 2 aromatic carbocycles. The van der Waals surface area contributed by atoms with Gasteiger partial charge in [-0.3, -0.25) is 4.79 Å². The molecule has 2 heterocycles. The highest BCUT2D eigenvalue weighted by atomic mass is 35.5. The van der Waals surface area contributed by atoms with Crippen molar-refractivity contribution >= 4 is 34.8 Å². The van der Waals surface area contributed by atoms with Crippen LogP contribution in [0, 0.1) is 13.8 Å². The van der Waals surface area contributed by atoms with Crippen LogP contribution in [0.15, 0.2) is 47.5 Å². The lowest BCUT2D eigenvalue weighted by Crippen LogP contribution is -2.53. The summed E-state index contributed by atoms with van der Waals surface area (Å²) < 4.78 is 0. The van der Waals surface area contributed by atoms with E-state index < -0.39 is 0 Å². The standard InChI is InChI=1S/C22H25ClN4O/c1-15-4-8-19(9-5-15)27-21(28)17(3)24-22(27)26-12-10-25(11-13-26)20-14-18(23)7-6-16(20)2/h4-9,14,17H,10-13H2,1-3H3. The Morgan fingerprint density at radius 2 is 1.61 bits per heavy atom. The molecule has 0 N–H and O–H groups in total. The molecule has 1 atom stereocenters. The molecule has 0 bridgehead atoms. The maximum atomic E-state index is 12.8. The molecule has 28 heavy (non-hydrogen) atoms. The minimum absolute atomic E-state index is 0.0342. The third kappa shape index (κ3) is 3.47. The summed E-state index contributed by atoms with van der Waals surface area (Å²) in [6, 6.07) is 13.7. The van der Waals surface area contributed by atoms with Crippen molar-refractivity contribution in [2.45, 2.75) is 26.8 Å². The minimum Gasteiger partial charge on any atom is -0.368 e. The number of benzene rings is 2. The van der Waals surface area contributed by atoms with Gasteiger partial charge in [-0.15, -0.1) is 0 Å². The van der Waals surface area contributed by atoms with Crippen LogP contribution in [0.4, 0.5) is 11.4 Å². The van der Waals surface area contributed by atoms with Crippen LogP contribution in [0.3, 0.4) is 0 Å². The van der Waals surface area contributed by atoms with Gasteiger partial charge in [0.15, 0.2) is 0 Å². The number of carbonyl (C=O) groups excluding carboxylic acids is 1. The molecule has 146 valence electrons. The van der Waals surface area contributed by atoms with Crippen molar-refractivity contribution in [3.63, 3.8) is 0 Å². The van der Waals surface area contributed by atoms with E-state index in [1.165, 1.54) is 16.8 Å². The summed E-state index contributed by atoms with van der Waals surface area (Å²) in [5.74, 6) is 0.802. The van der Waals surface area contributed by atoms with Crippen molar-refractivity contribution in [3.05, 3.63) is 58.6 Å². The summed E-state index contributed by atoms with van der Waals surface area (Å²) in [4.78, 5) is 23.8. The predicted octanol–water partition coefficient (Wildman–Crippen LogP) is 3.87. The lowest BCUT2D eigenvalue weighted by atomic mass is 10.1. The van der Waals surface area contributed by atoms with Gasteiger partial charge in [-0.05, 0) is 50.6 Å². The number of amides is 1. The molecule has 5 nitrogen and oxygen atoms in total. The highest BCUT2D eigenvalue weighted by Gasteiger charge is 2.37. The zero-order chi connectivity index (χ0) is 19.8. The number of aliphatic imine (C=N–C) groups is 1. The number of guanidine groups is 1. The summed E-state index contributed by atoms with van der Waals surface area (Å²) in [5.41, 5.74) is 4.46. The first-order valence-corrected chi connectivity index (χ1v) is 10.1. The Labute approximate surface area is 171 Å². The predicted molar refractivity (Wildman–Crippen MR) is 116 cm³/mol. The number of carbonyl (C=O) groups is 1. The van der Waals surface area contributed by atoms with E-state index in [1.807, 2.05) is 50.2 Å². The van der Waals surface area contributed by atoms with E-state index in [9.17, 15) is 4.79 Å². The molecule has 0 spiro atoms. The molecule has 2 aromatic rings. The van der Waals surface area contributed by atoms with Crippen molar-refractivity contribution in [2.24, 2.45) is 4.99 Å². The Morgan fingerprint density at radius 1 is 0.964 bits per heavy atom. The molecule has 0 radical (unpaired) electrons. The molecule has 4 rings (SSSR count). The molecule has 6 heteroatoms. The first kappa shape index (κ1) is 18.8. The van der Waals surface area contributed by atoms with Crippen LogP contribution in [0.25, 0.3) is 0 Å². The van der Waals surface area contributed by atoms with E-state index >= 15 is 0 Å². The molecule has 1 unspecified atom stereocenters. The Hall–Kier alpha value is -2.53. The Balaban J connectivity index is 1.53. The van der Waals surface area contributed by atoms with Crippen molar-refractivity contribution < 1.29 is 4.79 Å². The van der Waals surface area contributed by atoms with Gasteiger partial charge in [-0.1, -0.05) is 35.4 Å². The number of nitrogens with zero attached hydrogens (tertiary/aromatic N) is 4. The van der Waals surface area contributed by atoms with Gasteiger partial charge in [0.25, 0.3) is 5.91 Å². The number of rotatable bonds is 2. The monoisotopic (exact) mass is 396 g/mol. The molecule has 1 fully saturated rings. The Kier molecular flexibility index (Phi) is 5.02. The third-order valence-electron chi connectivity index (χ3n) is 5.45. The van der Waals surface area contributed by atoms with Crippen LogP contribution in [-0.4, -0.2) is 49.0 Å². The van der Waals surface area contributed by atoms with Gasteiger partial charge < -0.3 is 9.80 Å². The first-order chi connectivity index (χ1) is 13.4. The zero-order valence-corrected chi connectivity index (χ0v) is 17.3. The van der Waals surface area contributed by atoms with Crippen LogP contribution in [0.5, 0.6) is 0 Å². The normalized spacial score (nSPS) is 20.0. The van der Waals surface area contributed by atoms with Crippen molar-refractivity contribution in [3.8, 4) is 0 Å². The second-order valence-corrected chi connectivity index (χ2v) is 7.96. The summed E-state index contributed by atoms with van der Waals surface area (Å²) in [7, 11) is 0. The SMILES string of the molecule is Cc1ccc(N2C(=O)C(C)N=C2N2CCN(c3cc(Cl)ccc3C)CC2)cc1. The third-order valence-corrected chi connectivity index (χ3v) is 5.69. The number of aryl methyl sites for hydroxylation is 2. The van der Waals surface area contributed by atoms with Crippen LogP contribution >= 0.6 is 11.6 Å². The van der Waals surface area contributed by atoms with Gasteiger partial charge in [-0.2, -0.15) is 0 Å². The highest BCUT2D eigenvalue weighted by molar-refractivity contribution is 6.30. The van der Waals surface area contributed by atoms with E-state index in [0.717, 1.165) is 42.8 Å². The number of hydrogen-bond donors (Lipinski definition) is 0. The van der Waals surface area contributed by atoms with Crippen molar-refractivity contribution in [2.75, 3.05) is 36.0 Å². The maximum absolute atomic E-state index is 12.8. The maximum Gasteiger partial charge on any atom is 0.258 e. The fourth-order valence-electron chi connectivity index (χ4n) is 3.80. The van der Waals surface area contributed by atoms with E-state index in [-0.39, 0.29) is 11.9 Å². The Bertz CT molecular complexity index is 917. The average molecular weight is 397 g/mol. The van der Waals surface area contributed by atoms with Crippen LogP contribution in [-0.2, 0) is 4.79 Å². The number of halogens is 1. The molecule has 1 amide bonds. The van der Waals surface area contributed by atoms with E-state index in [1.54, 1.807) is 4.90 Å². The van der Waals surface area contributed by atoms with Crippen LogP contribution < -0.4 is 9.80 Å². The molecular formula is C22H25ClN4O. The molecule has 0 aromatic heterocycles. The lowest BCUT2D eigenvalue weighted by molar-refractivity contribution is -0.117. The largest absolute Gasteiger partial charge is 0.368 e. The smallest absolute Gasteiger partial charge is 0.258 e. The molecule has 0 aliphatic carbocycles. The lowest BCUT2D eigenvalue weighted by Gasteiger charge is -2.39. The van der Waals surface area contributed by atoms with Gasteiger partial charge in [0.05, 0.1) is 5.69 Å². The van der Waals surface area contributed by atoms with Gasteiger partial charge >= 0.3 is 0 Å². The van der Waals surface area contributed by atoms with Crippen LogP contribution in [0.1, 0.15) is 18.1 Å². The number of hydrogen-bond acceptors (Lipinski definition) is 4. The van der Waals surface area contributed by atoms with E-state index in [2.05, 4.69) is 27.8 Å². The number of anilines is 2. The van der Waals surface area contributed by atoms with E-state index in [4.69, 9.17) is 11.6 Å². The average Bonchev–Trinajstić information content (AvgIpc) is 2.99. The quantitative estimate of drug-likeness (QED) is 0.773. The molecule has 1 saturated heterocycles. The van der Waals surface area contributed by atoms with Gasteiger partial charge in [0.2, 0.25) is 5.96 Å². The fraction of sp³-hybridized carbons (Fsp3) is 0.364. The first-order valence-electron chi connectivity index (χ1n) is 9.68. The second kappa shape index (κ2) is 7.47. The molecule has 2 aliphatic rings. The highest BCUT2D eigenvalue weighted by Crippen LogP contribution is 2.27. The zero-order valence-electron chi connectivity index (χ0n) is 16.5. The second-order valence-electron chi connectivity index (χ2n) is 7.52. The fourth-order valence-corrected chi connectivity index (χ4v) is 3.97. The Morgan fingerprint density at radius 3 is 2.29 bits per heavy atom. The van der Waals surface area contributed by atoms with Crippen molar-refractivity contribution in [1.82, 2.24) is 4.90 Å². The van der Waals surface area contributed by atoms with Gasteiger partial charge in [0, 0.05) is 36.9 Å². The van der Waals surface area contributed by atoms with E-state index in [0.29, 0.717) is 0 Å². The van der Waals surface area contributed by atoms with Gasteiger partial charge in [0.1, 0.15) is 6.04 Å². The summed E-state index contributed by atoms with van der Waals surface area (Å²) in [6.07, 6.45) is 0. The summed E-state index contributed by atoms with van der Waals surface area (Å²) >= 11 is 6.20. The van der Waals surface area contributed by atoms with Crippen LogP contribution in [0.2, 0.25) is 5.02 Å². The summed E-state index contributed by atoms with van der Waals surface area (Å²) in [5, 5.41) is 0.758. The summed E-state index contributed by atoms with van der Waals surface area (Å²) in [6.45, 7) is 9.38. The minimum atomic E-state index is -0.343. The van der Waals surface area contributed by atoms with Gasteiger partial charge in [-0.25, -0.2) is 9.89 Å². The molecular weight excluding hydrogens is 372 g/mol. The topological polar surface area (TPSA) is 39.2 Å².